The van der Waals surface area contributed by atoms with Gasteiger partial charge in [-0.2, -0.15) is 0 Å². The Labute approximate surface area is 115 Å². The summed E-state index contributed by atoms with van der Waals surface area (Å²) in [5.74, 6) is 0.837. The van der Waals surface area contributed by atoms with Gasteiger partial charge >= 0.3 is 0 Å². The van der Waals surface area contributed by atoms with Crippen LogP contribution in [0.3, 0.4) is 0 Å². The number of likely N-dealkylation sites (N-methyl/N-ethyl adjacent to an activating group) is 1. The fourth-order valence-corrected chi connectivity index (χ4v) is 2.55. The van der Waals surface area contributed by atoms with E-state index in [1.807, 2.05) is 30.0 Å². The highest BCUT2D eigenvalue weighted by molar-refractivity contribution is 5.82. The van der Waals surface area contributed by atoms with Crippen LogP contribution in [0.4, 0.5) is 0 Å². The number of amides is 1. The molecule has 2 atom stereocenters. The number of carbonyl (C=O) groups excluding carboxylic acids is 1. The van der Waals surface area contributed by atoms with E-state index in [0.29, 0.717) is 12.5 Å². The Morgan fingerprint density at radius 1 is 1.53 bits per heavy atom. The summed E-state index contributed by atoms with van der Waals surface area (Å²) in [6.45, 7) is 6.51. The van der Waals surface area contributed by atoms with Gasteiger partial charge in [-0.05, 0) is 44.4 Å². The van der Waals surface area contributed by atoms with E-state index in [0.717, 1.165) is 31.6 Å². The van der Waals surface area contributed by atoms with Crippen LogP contribution in [0.25, 0.3) is 0 Å². The van der Waals surface area contributed by atoms with Crippen molar-refractivity contribution in [3.63, 3.8) is 0 Å². The largest absolute Gasteiger partial charge is 0.336 e. The topological polar surface area (TPSA) is 45.2 Å². The highest BCUT2D eigenvalue weighted by Gasteiger charge is 2.27. The van der Waals surface area contributed by atoms with E-state index in [2.05, 4.69) is 17.2 Å². The maximum absolute atomic E-state index is 12.5. The molecule has 1 fully saturated rings. The van der Waals surface area contributed by atoms with Crippen LogP contribution in [0.5, 0.6) is 0 Å². The van der Waals surface area contributed by atoms with E-state index in [1.54, 1.807) is 6.20 Å². The van der Waals surface area contributed by atoms with Crippen LogP contribution < -0.4 is 5.32 Å². The molecule has 1 aliphatic rings. The Balaban J connectivity index is 1.98. The molecular formula is C15H23N3O. The van der Waals surface area contributed by atoms with Crippen molar-refractivity contribution in [1.82, 2.24) is 15.2 Å². The lowest BCUT2D eigenvalue weighted by Gasteiger charge is -2.31. The van der Waals surface area contributed by atoms with E-state index in [9.17, 15) is 4.79 Å². The summed E-state index contributed by atoms with van der Waals surface area (Å²) in [7, 11) is 0. The average molecular weight is 261 g/mol. The first-order valence-corrected chi connectivity index (χ1v) is 7.12. The molecule has 0 spiro atoms. The first-order valence-electron chi connectivity index (χ1n) is 7.12. The van der Waals surface area contributed by atoms with E-state index in [1.165, 1.54) is 0 Å². The summed E-state index contributed by atoms with van der Waals surface area (Å²) in [6.07, 6.45) is 3.88. The van der Waals surface area contributed by atoms with Crippen molar-refractivity contribution in [2.45, 2.75) is 39.3 Å². The van der Waals surface area contributed by atoms with Crippen LogP contribution in [0, 0.1) is 5.92 Å². The predicted octanol–water partition coefficient (Wildman–Crippen LogP) is 1.82. The third-order valence-corrected chi connectivity index (χ3v) is 3.74. The Bertz CT molecular complexity index is 407. The van der Waals surface area contributed by atoms with Gasteiger partial charge in [-0.15, -0.1) is 0 Å². The zero-order valence-corrected chi connectivity index (χ0v) is 11.8. The van der Waals surface area contributed by atoms with E-state index >= 15 is 0 Å². The van der Waals surface area contributed by atoms with Crippen LogP contribution in [0.1, 0.15) is 32.4 Å². The molecular weight excluding hydrogens is 238 g/mol. The molecule has 0 radical (unpaired) electrons. The van der Waals surface area contributed by atoms with Crippen LogP contribution in [0.2, 0.25) is 0 Å². The van der Waals surface area contributed by atoms with Crippen molar-refractivity contribution in [2.75, 3.05) is 13.1 Å². The first kappa shape index (κ1) is 14.0. The third-order valence-electron chi connectivity index (χ3n) is 3.74. The van der Waals surface area contributed by atoms with Crippen LogP contribution in [0.15, 0.2) is 24.4 Å². The smallest absolute Gasteiger partial charge is 0.240 e. The lowest BCUT2D eigenvalue weighted by atomic mass is 9.93. The molecule has 0 aromatic carbocycles. The highest BCUT2D eigenvalue weighted by atomic mass is 16.2. The molecule has 4 heteroatoms. The molecule has 19 heavy (non-hydrogen) atoms. The van der Waals surface area contributed by atoms with E-state index in [4.69, 9.17) is 0 Å². The summed E-state index contributed by atoms with van der Waals surface area (Å²) in [4.78, 5) is 18.7. The van der Waals surface area contributed by atoms with Gasteiger partial charge in [0.2, 0.25) is 5.91 Å². The summed E-state index contributed by atoms with van der Waals surface area (Å²) in [5.41, 5.74) is 0.946. The van der Waals surface area contributed by atoms with E-state index < -0.39 is 0 Å². The second kappa shape index (κ2) is 6.66. The van der Waals surface area contributed by atoms with Crippen molar-refractivity contribution in [2.24, 2.45) is 5.92 Å². The van der Waals surface area contributed by atoms with Crippen LogP contribution in [-0.2, 0) is 11.3 Å². The van der Waals surface area contributed by atoms with Gasteiger partial charge in [0.15, 0.2) is 0 Å². The maximum atomic E-state index is 12.5. The second-order valence-corrected chi connectivity index (χ2v) is 5.31. The molecule has 1 aromatic rings. The number of pyridine rings is 1. The summed E-state index contributed by atoms with van der Waals surface area (Å²) < 4.78 is 0. The van der Waals surface area contributed by atoms with Gasteiger partial charge in [-0.25, -0.2) is 0 Å². The Kier molecular flexibility index (Phi) is 4.91. The number of hydrogen-bond acceptors (Lipinski definition) is 3. The molecule has 1 aliphatic heterocycles. The highest BCUT2D eigenvalue weighted by Crippen LogP contribution is 2.17. The Morgan fingerprint density at radius 2 is 2.37 bits per heavy atom. The first-order chi connectivity index (χ1) is 9.20. The fraction of sp³-hybridized carbons (Fsp3) is 0.600. The monoisotopic (exact) mass is 261 g/mol. The molecule has 0 saturated carbocycles. The molecule has 104 valence electrons. The van der Waals surface area contributed by atoms with E-state index in [-0.39, 0.29) is 11.9 Å². The normalized spacial score (nSPS) is 23.1. The number of nitrogens with zero attached hydrogens (tertiary/aromatic N) is 2. The molecule has 0 bridgehead atoms. The minimum Gasteiger partial charge on any atom is -0.336 e. The molecule has 1 saturated heterocycles. The number of aromatic nitrogens is 1. The summed E-state index contributed by atoms with van der Waals surface area (Å²) in [5, 5.41) is 3.34. The summed E-state index contributed by atoms with van der Waals surface area (Å²) in [6, 6.07) is 5.80. The molecule has 1 N–H and O–H groups in total. The molecule has 4 nitrogen and oxygen atoms in total. The molecule has 2 rings (SSSR count). The number of piperidine rings is 1. The van der Waals surface area contributed by atoms with Crippen molar-refractivity contribution in [3.8, 4) is 0 Å². The molecule has 1 amide bonds. The van der Waals surface area contributed by atoms with Crippen molar-refractivity contribution in [3.05, 3.63) is 30.1 Å². The van der Waals surface area contributed by atoms with Gasteiger partial charge in [-0.1, -0.05) is 13.0 Å². The molecule has 2 heterocycles. The molecule has 1 aromatic heterocycles. The summed E-state index contributed by atoms with van der Waals surface area (Å²) >= 11 is 0. The number of rotatable bonds is 4. The van der Waals surface area contributed by atoms with Crippen molar-refractivity contribution in [1.29, 1.82) is 0 Å². The van der Waals surface area contributed by atoms with Gasteiger partial charge in [-0.3, -0.25) is 9.78 Å². The zero-order chi connectivity index (χ0) is 13.7. The van der Waals surface area contributed by atoms with Gasteiger partial charge in [0.25, 0.3) is 0 Å². The Morgan fingerprint density at radius 3 is 3.00 bits per heavy atom. The number of nitrogens with one attached hydrogen (secondary N) is 1. The fourth-order valence-electron chi connectivity index (χ4n) is 2.55. The van der Waals surface area contributed by atoms with Crippen molar-refractivity contribution < 1.29 is 4.79 Å². The van der Waals surface area contributed by atoms with Gasteiger partial charge in [0.1, 0.15) is 0 Å². The lowest BCUT2D eigenvalue weighted by Crippen LogP contribution is -2.49. The lowest BCUT2D eigenvalue weighted by molar-refractivity contribution is -0.134. The average Bonchev–Trinajstić information content (AvgIpc) is 2.45. The molecule has 2 unspecified atom stereocenters. The van der Waals surface area contributed by atoms with Gasteiger partial charge in [0.05, 0.1) is 18.3 Å². The predicted molar refractivity (Wildman–Crippen MR) is 75.5 cm³/mol. The Hall–Kier alpha value is -1.42. The van der Waals surface area contributed by atoms with Crippen molar-refractivity contribution >= 4 is 5.91 Å². The second-order valence-electron chi connectivity index (χ2n) is 5.31. The number of carbonyl (C=O) groups is 1. The standard InChI is InChI=1S/C15H23N3O/c1-3-18(11-13-6-4-5-8-16-13)15(19)14-10-12(2)7-9-17-14/h4-6,8,12,14,17H,3,7,9-11H2,1-2H3. The molecule has 0 aliphatic carbocycles. The zero-order valence-electron chi connectivity index (χ0n) is 11.8. The minimum atomic E-state index is -0.0209. The van der Waals surface area contributed by atoms with Gasteiger partial charge in [0, 0.05) is 12.7 Å². The minimum absolute atomic E-state index is 0.0209. The van der Waals surface area contributed by atoms with Gasteiger partial charge < -0.3 is 10.2 Å². The van der Waals surface area contributed by atoms with Crippen LogP contribution >= 0.6 is 0 Å². The quantitative estimate of drug-likeness (QED) is 0.899. The third kappa shape index (κ3) is 3.77. The number of hydrogen-bond donors (Lipinski definition) is 1. The SMILES string of the molecule is CCN(Cc1ccccn1)C(=O)C1CC(C)CCN1. The van der Waals surface area contributed by atoms with Crippen LogP contribution in [-0.4, -0.2) is 34.9 Å². The maximum Gasteiger partial charge on any atom is 0.240 e.